The lowest BCUT2D eigenvalue weighted by molar-refractivity contribution is -0.130. The number of hydrogen-bond acceptors (Lipinski definition) is 6. The maximum atomic E-state index is 12.7. The number of carbonyl (C=O) groups excluding carboxylic acids is 1. The molecule has 0 saturated heterocycles. The van der Waals surface area contributed by atoms with E-state index in [1.54, 1.807) is 18.2 Å². The van der Waals surface area contributed by atoms with E-state index in [9.17, 15) is 19.5 Å². The highest BCUT2D eigenvalue weighted by molar-refractivity contribution is 6.30. The summed E-state index contributed by atoms with van der Waals surface area (Å²) in [6, 6.07) is 13.5. The quantitative estimate of drug-likeness (QED) is 0.612. The first-order valence-corrected chi connectivity index (χ1v) is 10.5. The fourth-order valence-corrected chi connectivity index (χ4v) is 4.03. The molecule has 1 amide bonds. The third-order valence-electron chi connectivity index (χ3n) is 5.47. The van der Waals surface area contributed by atoms with Gasteiger partial charge >= 0.3 is 5.69 Å². The number of carbonyl (C=O) groups is 1. The molecule has 3 aromatic rings. The molecule has 1 aliphatic heterocycles. The van der Waals surface area contributed by atoms with Gasteiger partial charge in [0.1, 0.15) is 5.56 Å². The summed E-state index contributed by atoms with van der Waals surface area (Å²) in [5.74, 6) is -0.886. The number of halogens is 1. The van der Waals surface area contributed by atoms with E-state index >= 15 is 0 Å². The molecule has 0 saturated carbocycles. The number of H-pyrrole nitrogens is 1. The maximum absolute atomic E-state index is 12.7. The Kier molecular flexibility index (Phi) is 5.82. The van der Waals surface area contributed by atoms with Gasteiger partial charge in [0.05, 0.1) is 17.4 Å². The number of aromatic amines is 1. The number of amides is 1. The van der Waals surface area contributed by atoms with Gasteiger partial charge in [-0.25, -0.2) is 14.4 Å². The van der Waals surface area contributed by atoms with Crippen molar-refractivity contribution in [2.75, 3.05) is 19.0 Å². The van der Waals surface area contributed by atoms with Crippen molar-refractivity contribution in [3.05, 3.63) is 85.5 Å². The smallest absolute Gasteiger partial charge is 0.335 e. The van der Waals surface area contributed by atoms with Crippen molar-refractivity contribution in [1.82, 2.24) is 14.6 Å². The molecule has 10 heteroatoms. The highest BCUT2D eigenvalue weighted by Gasteiger charge is 2.34. The topological polar surface area (TPSA) is 111 Å². The summed E-state index contributed by atoms with van der Waals surface area (Å²) in [6.45, 7) is 1.38. The van der Waals surface area contributed by atoms with Crippen LogP contribution in [0.4, 0.5) is 5.69 Å². The normalized spacial score (nSPS) is 15.5. The van der Waals surface area contributed by atoms with Gasteiger partial charge in [-0.2, -0.15) is 5.10 Å². The minimum Gasteiger partial charge on any atom is -0.493 e. The minimum atomic E-state index is -0.818. The molecule has 1 aromatic heterocycles. The van der Waals surface area contributed by atoms with Crippen LogP contribution >= 0.6 is 11.6 Å². The number of aromatic hydroxyl groups is 1. The molecule has 1 aliphatic rings. The van der Waals surface area contributed by atoms with E-state index < -0.39 is 23.2 Å². The van der Waals surface area contributed by atoms with Gasteiger partial charge in [-0.15, -0.1) is 0 Å². The van der Waals surface area contributed by atoms with Gasteiger partial charge in [-0.05, 0) is 35.9 Å². The first-order chi connectivity index (χ1) is 15.7. The fraction of sp³-hybridized carbons (Fsp3) is 0.217. The third kappa shape index (κ3) is 4.14. The second kappa shape index (κ2) is 8.59. The van der Waals surface area contributed by atoms with E-state index in [4.69, 9.17) is 11.6 Å². The maximum Gasteiger partial charge on any atom is 0.335 e. The fourth-order valence-electron chi connectivity index (χ4n) is 3.85. The number of hydrogen-bond donors (Lipinski definition) is 2. The van der Waals surface area contributed by atoms with Crippen molar-refractivity contribution in [3.8, 4) is 11.6 Å². The van der Waals surface area contributed by atoms with E-state index in [1.165, 1.54) is 18.0 Å². The molecule has 9 nitrogen and oxygen atoms in total. The molecule has 1 atom stereocenters. The molecule has 4 rings (SSSR count). The van der Waals surface area contributed by atoms with Crippen LogP contribution in [0.2, 0.25) is 5.02 Å². The van der Waals surface area contributed by atoms with Crippen LogP contribution in [0.3, 0.4) is 0 Å². The minimum absolute atomic E-state index is 0.173. The number of anilines is 1. The molecule has 170 valence electrons. The molecule has 0 fully saturated rings. The number of benzene rings is 2. The van der Waals surface area contributed by atoms with Crippen LogP contribution in [0.5, 0.6) is 5.88 Å². The van der Waals surface area contributed by atoms with E-state index in [1.807, 2.05) is 43.3 Å². The van der Waals surface area contributed by atoms with Crippen molar-refractivity contribution in [2.45, 2.75) is 19.4 Å². The average molecular weight is 468 g/mol. The molecular formula is C23H22ClN5O4. The highest BCUT2D eigenvalue weighted by atomic mass is 35.5. The van der Waals surface area contributed by atoms with E-state index in [0.29, 0.717) is 5.02 Å². The van der Waals surface area contributed by atoms with Crippen LogP contribution in [0, 0.1) is 0 Å². The average Bonchev–Trinajstić information content (AvgIpc) is 3.19. The van der Waals surface area contributed by atoms with Gasteiger partial charge in [0.25, 0.3) is 5.56 Å². The number of hydrazone groups is 1. The highest BCUT2D eigenvalue weighted by Crippen LogP contribution is 2.34. The second-order valence-electron chi connectivity index (χ2n) is 7.89. The standard InChI is InChI=1S/C23H22ClN5O4/c1-13(30)29-19(14-7-9-16(10-8-14)27(2)3)12-18(26-29)20-21(31)25-23(33)28(22(20)32)17-6-4-5-15(24)11-17/h4-11,19,32H,12H2,1-3H3,(H,25,31,33)/t19-/m1/s1. The van der Waals surface area contributed by atoms with Crippen LogP contribution < -0.4 is 16.1 Å². The summed E-state index contributed by atoms with van der Waals surface area (Å²) < 4.78 is 0.947. The summed E-state index contributed by atoms with van der Waals surface area (Å²) in [7, 11) is 3.86. The van der Waals surface area contributed by atoms with Gasteiger partial charge in [0, 0.05) is 38.1 Å². The predicted molar refractivity (Wildman–Crippen MR) is 127 cm³/mol. The molecule has 2 aromatic carbocycles. The van der Waals surface area contributed by atoms with Crippen LogP contribution in [0.25, 0.3) is 5.69 Å². The zero-order chi connectivity index (χ0) is 23.9. The largest absolute Gasteiger partial charge is 0.493 e. The Bertz CT molecular complexity index is 1370. The van der Waals surface area contributed by atoms with Crippen molar-refractivity contribution in [1.29, 1.82) is 0 Å². The molecule has 0 aliphatic carbocycles. The first-order valence-electron chi connectivity index (χ1n) is 10.2. The SMILES string of the molecule is CC(=O)N1N=C(c2c(O)n(-c3cccc(Cl)c3)c(=O)[nH]c2=O)C[C@@H]1c1ccc(N(C)C)cc1. The number of rotatable bonds is 4. The monoisotopic (exact) mass is 467 g/mol. The van der Waals surface area contributed by atoms with E-state index in [-0.39, 0.29) is 29.3 Å². The molecular weight excluding hydrogens is 446 g/mol. The molecule has 0 bridgehead atoms. The Labute approximate surface area is 194 Å². The lowest BCUT2D eigenvalue weighted by Crippen LogP contribution is -2.33. The number of nitrogens with one attached hydrogen (secondary N) is 1. The lowest BCUT2D eigenvalue weighted by atomic mass is 9.99. The molecule has 0 radical (unpaired) electrons. The summed E-state index contributed by atoms with van der Waals surface area (Å²) in [5, 5.41) is 16.9. The predicted octanol–water partition coefficient (Wildman–Crippen LogP) is 2.65. The Balaban J connectivity index is 1.80. The Morgan fingerprint density at radius 1 is 1.18 bits per heavy atom. The van der Waals surface area contributed by atoms with Crippen molar-refractivity contribution < 1.29 is 9.90 Å². The summed E-state index contributed by atoms with van der Waals surface area (Å²) >= 11 is 6.03. The van der Waals surface area contributed by atoms with E-state index in [0.717, 1.165) is 15.8 Å². The molecule has 0 spiro atoms. The van der Waals surface area contributed by atoms with Crippen LogP contribution in [0.1, 0.15) is 30.5 Å². The van der Waals surface area contributed by atoms with Gasteiger partial charge < -0.3 is 10.0 Å². The molecule has 33 heavy (non-hydrogen) atoms. The van der Waals surface area contributed by atoms with Crippen molar-refractivity contribution in [2.24, 2.45) is 5.10 Å². The summed E-state index contributed by atoms with van der Waals surface area (Å²) in [6.07, 6.45) is 0.186. The summed E-state index contributed by atoms with van der Waals surface area (Å²) in [5.41, 5.74) is 0.515. The van der Waals surface area contributed by atoms with Gasteiger partial charge in [-0.1, -0.05) is 29.8 Å². The zero-order valence-electron chi connectivity index (χ0n) is 18.2. The second-order valence-corrected chi connectivity index (χ2v) is 8.33. The molecule has 2 heterocycles. The van der Waals surface area contributed by atoms with Gasteiger partial charge in [0.2, 0.25) is 11.8 Å². The Morgan fingerprint density at radius 3 is 2.48 bits per heavy atom. The van der Waals surface area contributed by atoms with Crippen LogP contribution in [0.15, 0.2) is 63.2 Å². The van der Waals surface area contributed by atoms with Crippen molar-refractivity contribution in [3.63, 3.8) is 0 Å². The third-order valence-corrected chi connectivity index (χ3v) is 5.70. The van der Waals surface area contributed by atoms with Crippen LogP contribution in [-0.2, 0) is 4.79 Å². The number of nitrogens with zero attached hydrogens (tertiary/aromatic N) is 4. The Morgan fingerprint density at radius 2 is 1.88 bits per heavy atom. The first kappa shape index (κ1) is 22.3. The van der Waals surface area contributed by atoms with E-state index in [2.05, 4.69) is 10.1 Å². The van der Waals surface area contributed by atoms with Crippen molar-refractivity contribution >= 4 is 28.9 Å². The van der Waals surface area contributed by atoms with Crippen LogP contribution in [-0.4, -0.2) is 45.4 Å². The summed E-state index contributed by atoms with van der Waals surface area (Å²) in [4.78, 5) is 41.7. The zero-order valence-corrected chi connectivity index (χ0v) is 19.0. The van der Waals surface area contributed by atoms with Gasteiger partial charge in [-0.3, -0.25) is 14.6 Å². The number of aromatic nitrogens is 2. The molecule has 0 unspecified atom stereocenters. The Hall–Kier alpha value is -3.85. The lowest BCUT2D eigenvalue weighted by Gasteiger charge is -2.21. The molecule has 2 N–H and O–H groups in total. The van der Waals surface area contributed by atoms with Gasteiger partial charge in [0.15, 0.2) is 0 Å².